The van der Waals surface area contributed by atoms with E-state index >= 15 is 0 Å². The molecule has 3 rings (SSSR count). The fourth-order valence-electron chi connectivity index (χ4n) is 1.95. The van der Waals surface area contributed by atoms with Crippen molar-refractivity contribution in [3.63, 3.8) is 0 Å². The minimum atomic E-state index is -0.490. The zero-order valence-corrected chi connectivity index (χ0v) is 14.4. The number of hydrogen-bond donors (Lipinski definition) is 2. The average Bonchev–Trinajstić information content (AvgIpc) is 3.29. The number of benzene rings is 1. The maximum absolute atomic E-state index is 11.9. The number of thiophene rings is 1. The molecular formula is C16H13ClN4O3S. The third-order valence-electron chi connectivity index (χ3n) is 3.16. The lowest BCUT2D eigenvalue weighted by Crippen LogP contribution is -2.34. The fourth-order valence-corrected chi connectivity index (χ4v) is 2.73. The van der Waals surface area contributed by atoms with E-state index in [2.05, 4.69) is 20.8 Å². The van der Waals surface area contributed by atoms with E-state index in [0.717, 1.165) is 4.88 Å². The smallest absolute Gasteiger partial charge is 0.316 e. The quantitative estimate of drug-likeness (QED) is 0.644. The number of rotatable bonds is 6. The molecule has 0 aliphatic rings. The van der Waals surface area contributed by atoms with Gasteiger partial charge in [0.15, 0.2) is 0 Å². The van der Waals surface area contributed by atoms with E-state index in [9.17, 15) is 9.59 Å². The Morgan fingerprint density at radius 2 is 1.80 bits per heavy atom. The Kier molecular flexibility index (Phi) is 5.42. The highest BCUT2D eigenvalue weighted by Crippen LogP contribution is 2.21. The van der Waals surface area contributed by atoms with Gasteiger partial charge >= 0.3 is 11.8 Å². The number of amides is 2. The van der Waals surface area contributed by atoms with Gasteiger partial charge < -0.3 is 15.2 Å². The van der Waals surface area contributed by atoms with Gasteiger partial charge in [0.05, 0.1) is 4.88 Å². The van der Waals surface area contributed by atoms with Crippen LogP contribution in [0.5, 0.6) is 0 Å². The summed E-state index contributed by atoms with van der Waals surface area (Å²) in [7, 11) is 0. The van der Waals surface area contributed by atoms with Crippen LogP contribution in [0.2, 0.25) is 5.02 Å². The summed E-state index contributed by atoms with van der Waals surface area (Å²) in [6.07, 6.45) is 0. The number of halogens is 1. The molecule has 2 amide bonds. The molecular weight excluding hydrogens is 364 g/mol. The summed E-state index contributed by atoms with van der Waals surface area (Å²) in [6, 6.07) is 10.2. The highest BCUT2D eigenvalue weighted by Gasteiger charge is 2.16. The molecule has 2 N–H and O–H groups in total. The van der Waals surface area contributed by atoms with Crippen LogP contribution in [0.3, 0.4) is 0 Å². The molecule has 2 heterocycles. The topological polar surface area (TPSA) is 97.1 Å². The lowest BCUT2D eigenvalue weighted by atomic mass is 10.2. The molecule has 0 bridgehead atoms. The van der Waals surface area contributed by atoms with Crippen molar-refractivity contribution in [1.82, 2.24) is 20.8 Å². The molecule has 128 valence electrons. The van der Waals surface area contributed by atoms with Crippen molar-refractivity contribution in [3.05, 3.63) is 58.3 Å². The summed E-state index contributed by atoms with van der Waals surface area (Å²) in [5.41, 5.74) is 0.494. The number of carbonyl (C=O) groups excluding carboxylic acids is 2. The van der Waals surface area contributed by atoms with Crippen molar-refractivity contribution in [2.45, 2.75) is 0 Å². The maximum atomic E-state index is 11.9. The molecule has 1 aromatic carbocycles. The molecule has 0 aliphatic carbocycles. The van der Waals surface area contributed by atoms with Gasteiger partial charge in [-0.05, 0) is 35.7 Å². The second-order valence-electron chi connectivity index (χ2n) is 4.92. The van der Waals surface area contributed by atoms with E-state index in [1.165, 1.54) is 11.3 Å². The highest BCUT2D eigenvalue weighted by molar-refractivity contribution is 7.13. The van der Waals surface area contributed by atoms with E-state index in [0.29, 0.717) is 16.4 Å². The first-order valence-electron chi connectivity index (χ1n) is 7.33. The van der Waals surface area contributed by atoms with Gasteiger partial charge in [0, 0.05) is 23.7 Å². The van der Waals surface area contributed by atoms with Crippen molar-refractivity contribution < 1.29 is 14.1 Å². The van der Waals surface area contributed by atoms with Gasteiger partial charge in [0.1, 0.15) is 0 Å². The maximum Gasteiger partial charge on any atom is 0.316 e. The first-order valence-corrected chi connectivity index (χ1v) is 8.59. The third kappa shape index (κ3) is 4.43. The molecule has 0 fully saturated rings. The zero-order valence-electron chi connectivity index (χ0n) is 12.9. The lowest BCUT2D eigenvalue weighted by molar-refractivity contribution is 0.0898. The molecule has 0 saturated heterocycles. The Balaban J connectivity index is 1.45. The van der Waals surface area contributed by atoms with Crippen molar-refractivity contribution in [3.8, 4) is 10.7 Å². The standard InChI is InChI=1S/C16H13ClN4O3S/c17-11-5-3-10(4-6-11)14(22)18-7-8-19-15(23)16-20-13(21-24-16)12-2-1-9-25-12/h1-6,9H,7-8H2,(H,18,22)(H,19,23). The average molecular weight is 377 g/mol. The number of nitrogens with one attached hydrogen (secondary N) is 2. The van der Waals surface area contributed by atoms with Gasteiger partial charge in [-0.25, -0.2) is 0 Å². The van der Waals surface area contributed by atoms with E-state index in [1.807, 2.05) is 17.5 Å². The van der Waals surface area contributed by atoms with Gasteiger partial charge in [0.2, 0.25) is 5.82 Å². The first kappa shape index (κ1) is 17.1. The van der Waals surface area contributed by atoms with Crippen molar-refractivity contribution >= 4 is 34.8 Å². The second kappa shape index (κ2) is 7.91. The van der Waals surface area contributed by atoms with E-state index in [1.54, 1.807) is 24.3 Å². The van der Waals surface area contributed by atoms with Gasteiger partial charge in [-0.3, -0.25) is 9.59 Å². The van der Waals surface area contributed by atoms with Crippen LogP contribution in [-0.2, 0) is 0 Å². The minimum Gasteiger partial charge on any atom is -0.350 e. The minimum absolute atomic E-state index is 0.118. The molecule has 0 atom stereocenters. The van der Waals surface area contributed by atoms with Crippen LogP contribution in [0.25, 0.3) is 10.7 Å². The van der Waals surface area contributed by atoms with E-state index in [-0.39, 0.29) is 24.9 Å². The largest absolute Gasteiger partial charge is 0.350 e. The van der Waals surface area contributed by atoms with Gasteiger partial charge in [-0.1, -0.05) is 22.8 Å². The van der Waals surface area contributed by atoms with Crippen LogP contribution in [0, 0.1) is 0 Å². The Bertz CT molecular complexity index is 862. The predicted octanol–water partition coefficient (Wildman–Crippen LogP) is 2.61. The molecule has 3 aromatic rings. The second-order valence-corrected chi connectivity index (χ2v) is 6.30. The molecule has 0 saturated carbocycles. The van der Waals surface area contributed by atoms with Crippen molar-refractivity contribution in [1.29, 1.82) is 0 Å². The van der Waals surface area contributed by atoms with Crippen LogP contribution in [0.1, 0.15) is 21.0 Å². The highest BCUT2D eigenvalue weighted by atomic mass is 35.5. The van der Waals surface area contributed by atoms with Gasteiger partial charge in [-0.2, -0.15) is 4.98 Å². The molecule has 7 nitrogen and oxygen atoms in total. The summed E-state index contributed by atoms with van der Waals surface area (Å²) in [5.74, 6) is -0.483. The summed E-state index contributed by atoms with van der Waals surface area (Å²) in [4.78, 5) is 28.7. The summed E-state index contributed by atoms with van der Waals surface area (Å²) in [6.45, 7) is 0.494. The van der Waals surface area contributed by atoms with Crippen molar-refractivity contribution in [2.24, 2.45) is 0 Å². The number of nitrogens with zero attached hydrogens (tertiary/aromatic N) is 2. The third-order valence-corrected chi connectivity index (χ3v) is 4.28. The van der Waals surface area contributed by atoms with E-state index < -0.39 is 5.91 Å². The van der Waals surface area contributed by atoms with Crippen LogP contribution in [0.15, 0.2) is 46.3 Å². The molecule has 0 radical (unpaired) electrons. The fraction of sp³-hybridized carbons (Fsp3) is 0.125. The normalized spacial score (nSPS) is 10.4. The van der Waals surface area contributed by atoms with Gasteiger partial charge in [-0.15, -0.1) is 11.3 Å². The molecule has 0 aliphatic heterocycles. The Morgan fingerprint density at radius 1 is 1.08 bits per heavy atom. The zero-order chi connectivity index (χ0) is 17.6. The molecule has 2 aromatic heterocycles. The number of carbonyl (C=O) groups is 2. The summed E-state index contributed by atoms with van der Waals surface area (Å²) in [5, 5.41) is 11.5. The Morgan fingerprint density at radius 3 is 2.48 bits per heavy atom. The van der Waals surface area contributed by atoms with E-state index in [4.69, 9.17) is 16.1 Å². The van der Waals surface area contributed by atoms with Gasteiger partial charge in [0.25, 0.3) is 5.91 Å². The number of hydrogen-bond acceptors (Lipinski definition) is 6. The molecule has 9 heteroatoms. The Hall–Kier alpha value is -2.71. The first-order chi connectivity index (χ1) is 12.1. The van der Waals surface area contributed by atoms with Crippen LogP contribution in [0.4, 0.5) is 0 Å². The molecule has 0 unspecified atom stereocenters. The van der Waals surface area contributed by atoms with Crippen LogP contribution in [-0.4, -0.2) is 35.0 Å². The predicted molar refractivity (Wildman–Crippen MR) is 93.7 cm³/mol. The number of aromatic nitrogens is 2. The Labute approximate surface area is 152 Å². The lowest BCUT2D eigenvalue weighted by Gasteiger charge is -2.05. The molecule has 0 spiro atoms. The monoisotopic (exact) mass is 376 g/mol. The van der Waals surface area contributed by atoms with Crippen LogP contribution >= 0.6 is 22.9 Å². The summed E-state index contributed by atoms with van der Waals surface area (Å²) < 4.78 is 4.94. The van der Waals surface area contributed by atoms with Crippen LogP contribution < -0.4 is 10.6 Å². The summed E-state index contributed by atoms with van der Waals surface area (Å²) >= 11 is 7.22. The SMILES string of the molecule is O=C(NCCNC(=O)c1nc(-c2cccs2)no1)c1ccc(Cl)cc1. The molecule has 25 heavy (non-hydrogen) atoms. The van der Waals surface area contributed by atoms with Crippen molar-refractivity contribution in [2.75, 3.05) is 13.1 Å².